The summed E-state index contributed by atoms with van der Waals surface area (Å²) >= 11 is 0. The molecule has 0 aliphatic carbocycles. The number of rotatable bonds is 9. The van der Waals surface area contributed by atoms with E-state index >= 15 is 0 Å². The zero-order valence-corrected chi connectivity index (χ0v) is 15.0. The number of piperidine rings is 1. The fraction of sp³-hybridized carbons (Fsp3) is 0.632. The fourth-order valence-corrected chi connectivity index (χ4v) is 2.96. The van der Waals surface area contributed by atoms with Gasteiger partial charge in [-0.1, -0.05) is 6.07 Å². The van der Waals surface area contributed by atoms with Crippen molar-refractivity contribution >= 4 is 11.6 Å². The van der Waals surface area contributed by atoms with E-state index in [0.29, 0.717) is 18.9 Å². The molecule has 24 heavy (non-hydrogen) atoms. The Kier molecular flexibility index (Phi) is 8.05. The van der Waals surface area contributed by atoms with Gasteiger partial charge in [-0.25, -0.2) is 0 Å². The smallest absolute Gasteiger partial charge is 0.224 e. The maximum Gasteiger partial charge on any atom is 0.224 e. The molecule has 5 nitrogen and oxygen atoms in total. The monoisotopic (exact) mass is 333 g/mol. The maximum atomic E-state index is 12.1. The standard InChI is InChI=1S/C19H31N3O2/c1-22(2)13-4-14-24-18-6-3-5-17(15-18)21-19(23)8-7-16-9-11-20-12-10-16/h3,5-6,15-16,20H,4,7-14H2,1-2H3,(H,21,23). The molecule has 1 aliphatic heterocycles. The summed E-state index contributed by atoms with van der Waals surface area (Å²) in [4.78, 5) is 14.3. The van der Waals surface area contributed by atoms with Gasteiger partial charge in [-0.2, -0.15) is 0 Å². The number of amides is 1. The summed E-state index contributed by atoms with van der Waals surface area (Å²) in [5.74, 6) is 1.59. The van der Waals surface area contributed by atoms with Crippen molar-refractivity contribution in [3.63, 3.8) is 0 Å². The van der Waals surface area contributed by atoms with Crippen LogP contribution in [-0.4, -0.2) is 51.1 Å². The largest absolute Gasteiger partial charge is 0.493 e. The van der Waals surface area contributed by atoms with Crippen LogP contribution in [0.25, 0.3) is 0 Å². The molecule has 1 heterocycles. The van der Waals surface area contributed by atoms with Gasteiger partial charge in [0.2, 0.25) is 5.91 Å². The van der Waals surface area contributed by atoms with E-state index in [4.69, 9.17) is 4.74 Å². The van der Waals surface area contributed by atoms with E-state index in [0.717, 1.165) is 43.9 Å². The van der Waals surface area contributed by atoms with E-state index in [1.54, 1.807) is 0 Å². The topological polar surface area (TPSA) is 53.6 Å². The number of hydrogen-bond donors (Lipinski definition) is 2. The van der Waals surface area contributed by atoms with Crippen LogP contribution in [0.2, 0.25) is 0 Å². The molecular formula is C19H31N3O2. The van der Waals surface area contributed by atoms with Gasteiger partial charge in [0.05, 0.1) is 6.61 Å². The van der Waals surface area contributed by atoms with E-state index in [2.05, 4.69) is 29.6 Å². The van der Waals surface area contributed by atoms with Gasteiger partial charge in [0, 0.05) is 24.7 Å². The van der Waals surface area contributed by atoms with Gasteiger partial charge in [-0.3, -0.25) is 4.79 Å². The second-order valence-corrected chi connectivity index (χ2v) is 6.81. The summed E-state index contributed by atoms with van der Waals surface area (Å²) in [6, 6.07) is 7.66. The molecule has 1 fully saturated rings. The van der Waals surface area contributed by atoms with E-state index in [-0.39, 0.29) is 5.91 Å². The first kappa shape index (κ1) is 18.7. The van der Waals surface area contributed by atoms with Crippen molar-refractivity contribution in [1.82, 2.24) is 10.2 Å². The molecule has 1 saturated heterocycles. The van der Waals surface area contributed by atoms with Crippen LogP contribution in [0.3, 0.4) is 0 Å². The van der Waals surface area contributed by atoms with Crippen molar-refractivity contribution in [2.75, 3.05) is 45.7 Å². The number of anilines is 1. The minimum atomic E-state index is 0.0956. The Morgan fingerprint density at radius 1 is 1.33 bits per heavy atom. The molecule has 1 aromatic rings. The Bertz CT molecular complexity index is 499. The highest BCUT2D eigenvalue weighted by Crippen LogP contribution is 2.20. The number of carbonyl (C=O) groups excluding carboxylic acids is 1. The lowest BCUT2D eigenvalue weighted by Gasteiger charge is -2.22. The molecule has 0 bridgehead atoms. The van der Waals surface area contributed by atoms with Gasteiger partial charge in [-0.05, 0) is 70.9 Å². The summed E-state index contributed by atoms with van der Waals surface area (Å²) in [6.07, 6.45) is 4.93. The summed E-state index contributed by atoms with van der Waals surface area (Å²) in [5.41, 5.74) is 0.815. The average molecular weight is 333 g/mol. The third kappa shape index (κ3) is 7.32. The zero-order valence-electron chi connectivity index (χ0n) is 15.0. The number of hydrogen-bond acceptors (Lipinski definition) is 4. The second-order valence-electron chi connectivity index (χ2n) is 6.81. The lowest BCUT2D eigenvalue weighted by Crippen LogP contribution is -2.28. The summed E-state index contributed by atoms with van der Waals surface area (Å²) < 4.78 is 5.75. The Morgan fingerprint density at radius 3 is 2.88 bits per heavy atom. The lowest BCUT2D eigenvalue weighted by atomic mass is 9.93. The van der Waals surface area contributed by atoms with Crippen LogP contribution in [0.5, 0.6) is 5.75 Å². The molecule has 1 amide bonds. The third-order valence-electron chi connectivity index (χ3n) is 4.37. The lowest BCUT2D eigenvalue weighted by molar-refractivity contribution is -0.116. The highest BCUT2D eigenvalue weighted by Gasteiger charge is 2.14. The van der Waals surface area contributed by atoms with Crippen molar-refractivity contribution < 1.29 is 9.53 Å². The van der Waals surface area contributed by atoms with Gasteiger partial charge < -0.3 is 20.3 Å². The Balaban J connectivity index is 1.71. The van der Waals surface area contributed by atoms with Crippen molar-refractivity contribution in [1.29, 1.82) is 0 Å². The van der Waals surface area contributed by atoms with Crippen LogP contribution in [0.4, 0.5) is 5.69 Å². The second kappa shape index (κ2) is 10.3. The van der Waals surface area contributed by atoms with Gasteiger partial charge in [0.25, 0.3) is 0 Å². The van der Waals surface area contributed by atoms with Crippen molar-refractivity contribution in [2.24, 2.45) is 5.92 Å². The molecule has 1 aliphatic rings. The quantitative estimate of drug-likeness (QED) is 0.682. The molecule has 1 aromatic carbocycles. The zero-order chi connectivity index (χ0) is 17.2. The summed E-state index contributed by atoms with van der Waals surface area (Å²) in [5, 5.41) is 6.35. The number of nitrogens with zero attached hydrogens (tertiary/aromatic N) is 1. The number of ether oxygens (including phenoxy) is 1. The van der Waals surface area contributed by atoms with Crippen LogP contribution in [-0.2, 0) is 4.79 Å². The Morgan fingerprint density at radius 2 is 2.12 bits per heavy atom. The maximum absolute atomic E-state index is 12.1. The third-order valence-corrected chi connectivity index (χ3v) is 4.37. The summed E-state index contributed by atoms with van der Waals surface area (Å²) in [7, 11) is 4.11. The first-order chi connectivity index (χ1) is 11.6. The molecule has 0 aromatic heterocycles. The molecule has 0 saturated carbocycles. The van der Waals surface area contributed by atoms with Gasteiger partial charge in [-0.15, -0.1) is 0 Å². The number of benzene rings is 1. The predicted molar refractivity (Wildman–Crippen MR) is 98.6 cm³/mol. The molecule has 0 spiro atoms. The number of carbonyl (C=O) groups is 1. The normalized spacial score (nSPS) is 15.5. The molecule has 0 radical (unpaired) electrons. The SMILES string of the molecule is CN(C)CCCOc1cccc(NC(=O)CCC2CCNCC2)c1. The fourth-order valence-electron chi connectivity index (χ4n) is 2.96. The van der Waals surface area contributed by atoms with Crippen molar-refractivity contribution in [2.45, 2.75) is 32.1 Å². The minimum Gasteiger partial charge on any atom is -0.493 e. The molecule has 2 rings (SSSR count). The molecule has 5 heteroatoms. The Hall–Kier alpha value is -1.59. The minimum absolute atomic E-state index is 0.0956. The summed E-state index contributed by atoms with van der Waals surface area (Å²) in [6.45, 7) is 3.86. The Labute approximate surface area is 145 Å². The first-order valence-electron chi connectivity index (χ1n) is 9.01. The van der Waals surface area contributed by atoms with Crippen molar-refractivity contribution in [3.8, 4) is 5.75 Å². The van der Waals surface area contributed by atoms with E-state index in [1.165, 1.54) is 12.8 Å². The highest BCUT2D eigenvalue weighted by atomic mass is 16.5. The number of nitrogens with one attached hydrogen (secondary N) is 2. The van der Waals surface area contributed by atoms with Gasteiger partial charge in [0.15, 0.2) is 0 Å². The van der Waals surface area contributed by atoms with Crippen LogP contribution < -0.4 is 15.4 Å². The van der Waals surface area contributed by atoms with Crippen LogP contribution >= 0.6 is 0 Å². The molecule has 0 unspecified atom stereocenters. The van der Waals surface area contributed by atoms with Crippen LogP contribution in [0, 0.1) is 5.92 Å². The van der Waals surface area contributed by atoms with E-state index in [1.807, 2.05) is 24.3 Å². The van der Waals surface area contributed by atoms with Gasteiger partial charge >= 0.3 is 0 Å². The van der Waals surface area contributed by atoms with Crippen LogP contribution in [0.15, 0.2) is 24.3 Å². The van der Waals surface area contributed by atoms with E-state index in [9.17, 15) is 4.79 Å². The molecule has 134 valence electrons. The average Bonchev–Trinajstić information content (AvgIpc) is 2.58. The highest BCUT2D eigenvalue weighted by molar-refractivity contribution is 5.90. The van der Waals surface area contributed by atoms with E-state index < -0.39 is 0 Å². The molecule has 0 atom stereocenters. The van der Waals surface area contributed by atoms with Crippen LogP contribution in [0.1, 0.15) is 32.1 Å². The van der Waals surface area contributed by atoms with Gasteiger partial charge in [0.1, 0.15) is 5.75 Å². The predicted octanol–water partition coefficient (Wildman–Crippen LogP) is 2.74. The molecule has 2 N–H and O–H groups in total. The first-order valence-corrected chi connectivity index (χ1v) is 9.01. The molecular weight excluding hydrogens is 302 g/mol. The van der Waals surface area contributed by atoms with Crippen molar-refractivity contribution in [3.05, 3.63) is 24.3 Å².